The third-order valence-electron chi connectivity index (χ3n) is 13.3. The molecular formula is C31H50O. The molecule has 5 aliphatic carbocycles. The first-order chi connectivity index (χ1) is 14.9. The molecule has 5 aliphatic rings. The van der Waals surface area contributed by atoms with Crippen LogP contribution in [0.1, 0.15) is 106 Å². The van der Waals surface area contributed by atoms with Crippen LogP contribution in [0.15, 0.2) is 24.3 Å². The van der Waals surface area contributed by atoms with E-state index in [-0.39, 0.29) is 11.5 Å². The Kier molecular flexibility index (Phi) is 5.07. The van der Waals surface area contributed by atoms with E-state index < -0.39 is 0 Å². The van der Waals surface area contributed by atoms with Gasteiger partial charge in [-0.05, 0) is 121 Å². The van der Waals surface area contributed by atoms with Gasteiger partial charge in [0.25, 0.3) is 0 Å². The fourth-order valence-corrected chi connectivity index (χ4v) is 10.9. The second-order valence-corrected chi connectivity index (χ2v) is 14.4. The highest BCUT2D eigenvalue weighted by atomic mass is 16.3. The van der Waals surface area contributed by atoms with Gasteiger partial charge < -0.3 is 5.11 Å². The molecule has 0 heterocycles. The van der Waals surface area contributed by atoms with E-state index in [1.807, 2.05) is 0 Å². The molecule has 1 N–H and O–H groups in total. The number of fused-ring (bicyclic) bond motifs is 2. The number of aliphatic hydroxyl groups is 1. The minimum Gasteiger partial charge on any atom is -0.393 e. The summed E-state index contributed by atoms with van der Waals surface area (Å²) in [5, 5.41) is 10.9. The van der Waals surface area contributed by atoms with Crippen LogP contribution >= 0.6 is 0 Å². The third-order valence-corrected chi connectivity index (χ3v) is 13.3. The lowest BCUT2D eigenvalue weighted by atomic mass is 9.42. The molecule has 5 rings (SSSR count). The Morgan fingerprint density at radius 1 is 0.844 bits per heavy atom. The van der Waals surface area contributed by atoms with Gasteiger partial charge in [0.1, 0.15) is 0 Å². The summed E-state index contributed by atoms with van der Waals surface area (Å²) in [4.78, 5) is 0. The van der Waals surface area contributed by atoms with Gasteiger partial charge in [0.2, 0.25) is 0 Å². The van der Waals surface area contributed by atoms with Gasteiger partial charge in [0, 0.05) is 0 Å². The summed E-state index contributed by atoms with van der Waals surface area (Å²) in [5.41, 5.74) is 3.50. The van der Waals surface area contributed by atoms with E-state index in [1.54, 1.807) is 0 Å². The van der Waals surface area contributed by atoms with Crippen LogP contribution in [0.3, 0.4) is 0 Å². The zero-order valence-corrected chi connectivity index (χ0v) is 22.1. The molecule has 0 aromatic rings. The van der Waals surface area contributed by atoms with Crippen molar-refractivity contribution in [2.45, 2.75) is 112 Å². The molecule has 0 bridgehead atoms. The fraction of sp³-hybridized carbons (Fsp3) is 0.871. The van der Waals surface area contributed by atoms with E-state index in [0.29, 0.717) is 33.5 Å². The Balaban J connectivity index is 1.42. The zero-order chi connectivity index (χ0) is 23.3. The van der Waals surface area contributed by atoms with Crippen molar-refractivity contribution in [2.24, 2.45) is 56.7 Å². The highest BCUT2D eigenvalue weighted by Gasteiger charge is 2.82. The van der Waals surface area contributed by atoms with Crippen molar-refractivity contribution in [2.75, 3.05) is 0 Å². The van der Waals surface area contributed by atoms with Gasteiger partial charge in [-0.1, -0.05) is 65.8 Å². The Hall–Kier alpha value is -0.560. The van der Waals surface area contributed by atoms with Crippen molar-refractivity contribution in [1.29, 1.82) is 0 Å². The molecule has 0 radical (unpaired) electrons. The maximum absolute atomic E-state index is 10.9. The summed E-state index contributed by atoms with van der Waals surface area (Å²) in [6.45, 7) is 21.3. The molecule has 0 aromatic heterocycles. The third kappa shape index (κ3) is 2.67. The largest absolute Gasteiger partial charge is 0.393 e. The summed E-state index contributed by atoms with van der Waals surface area (Å²) >= 11 is 0. The molecule has 1 heteroatoms. The summed E-state index contributed by atoms with van der Waals surface area (Å²) in [6.07, 6.45) is 17.2. The first-order valence-electron chi connectivity index (χ1n) is 13.9. The molecule has 0 aromatic carbocycles. The number of rotatable bonds is 4. The molecule has 0 aliphatic heterocycles. The maximum atomic E-state index is 10.9. The van der Waals surface area contributed by atoms with Gasteiger partial charge in [-0.15, -0.1) is 0 Å². The highest BCUT2D eigenvalue weighted by Crippen LogP contribution is 2.89. The Labute approximate surface area is 198 Å². The molecule has 5 fully saturated rings. The van der Waals surface area contributed by atoms with Crippen molar-refractivity contribution in [3.8, 4) is 0 Å². The number of allylic oxidation sites excluding steroid dienone is 3. The Morgan fingerprint density at radius 3 is 2.19 bits per heavy atom. The molecular weight excluding hydrogens is 388 g/mol. The standard InChI is InChI=1S/C31H50O/c1-20(2)21(3)9-10-22(4)23-13-15-29(8)25-12-11-24-27(5,6)26(32)14-16-30(24)19-31(25,30)18-17-28(23,29)7/h9-10,21-26,32H,1,11-19H2,2-8H3/b10-9+/t21-,22+,23?,24+,25?,26+,28-,29+,30-,31?/m1/s1. The Bertz CT molecular complexity index is 822. The monoisotopic (exact) mass is 438 g/mol. The number of aliphatic hydroxyl groups excluding tert-OH is 1. The average molecular weight is 439 g/mol. The Morgan fingerprint density at radius 2 is 1.50 bits per heavy atom. The van der Waals surface area contributed by atoms with Gasteiger partial charge in [0.15, 0.2) is 0 Å². The van der Waals surface area contributed by atoms with Crippen molar-refractivity contribution in [3.05, 3.63) is 24.3 Å². The van der Waals surface area contributed by atoms with E-state index >= 15 is 0 Å². The van der Waals surface area contributed by atoms with Crippen LogP contribution in [0.2, 0.25) is 0 Å². The minimum atomic E-state index is -0.0955. The fourth-order valence-electron chi connectivity index (χ4n) is 10.9. The topological polar surface area (TPSA) is 20.2 Å². The van der Waals surface area contributed by atoms with E-state index in [4.69, 9.17) is 0 Å². The second kappa shape index (κ2) is 6.99. The molecule has 180 valence electrons. The van der Waals surface area contributed by atoms with Gasteiger partial charge in [0.05, 0.1) is 6.10 Å². The predicted octanol–water partition coefficient (Wildman–Crippen LogP) is 8.19. The quantitative estimate of drug-likeness (QED) is 0.439. The zero-order valence-electron chi connectivity index (χ0n) is 22.1. The first kappa shape index (κ1) is 23.2. The molecule has 5 saturated carbocycles. The van der Waals surface area contributed by atoms with Crippen LogP contribution in [0.25, 0.3) is 0 Å². The maximum Gasteiger partial charge on any atom is 0.0594 e. The number of hydrogen-bond donors (Lipinski definition) is 1. The SMILES string of the molecule is C=C(C)[C@H](C)/C=C/[C@H](C)C1CC[C@@]2(C)C3CC[C@H]4C(C)(C)[C@@H](O)CC[C@@]45CC35CC[C@]12C. The van der Waals surface area contributed by atoms with Crippen molar-refractivity contribution < 1.29 is 5.11 Å². The van der Waals surface area contributed by atoms with Gasteiger partial charge >= 0.3 is 0 Å². The second-order valence-electron chi connectivity index (χ2n) is 14.4. The van der Waals surface area contributed by atoms with E-state index in [1.165, 1.54) is 56.9 Å². The molecule has 32 heavy (non-hydrogen) atoms. The number of hydrogen-bond acceptors (Lipinski definition) is 1. The lowest BCUT2D eigenvalue weighted by Gasteiger charge is -2.63. The summed E-state index contributed by atoms with van der Waals surface area (Å²) in [5.74, 6) is 3.61. The minimum absolute atomic E-state index is 0.0955. The lowest BCUT2D eigenvalue weighted by molar-refractivity contribution is -0.160. The van der Waals surface area contributed by atoms with Crippen molar-refractivity contribution in [3.63, 3.8) is 0 Å². The summed E-state index contributed by atoms with van der Waals surface area (Å²) in [6, 6.07) is 0. The molecule has 0 amide bonds. The van der Waals surface area contributed by atoms with Crippen LogP contribution in [0.4, 0.5) is 0 Å². The van der Waals surface area contributed by atoms with Crippen LogP contribution < -0.4 is 0 Å². The van der Waals surface area contributed by atoms with Crippen LogP contribution in [-0.4, -0.2) is 11.2 Å². The van der Waals surface area contributed by atoms with E-state index in [2.05, 4.69) is 67.2 Å². The summed E-state index contributed by atoms with van der Waals surface area (Å²) in [7, 11) is 0. The molecule has 2 spiro atoms. The average Bonchev–Trinajstić information content (AvgIpc) is 3.31. The van der Waals surface area contributed by atoms with Crippen molar-refractivity contribution >= 4 is 0 Å². The molecule has 1 nitrogen and oxygen atoms in total. The van der Waals surface area contributed by atoms with Crippen LogP contribution in [0.5, 0.6) is 0 Å². The van der Waals surface area contributed by atoms with Crippen LogP contribution in [0, 0.1) is 56.7 Å². The first-order valence-corrected chi connectivity index (χ1v) is 13.9. The molecule has 10 atom stereocenters. The van der Waals surface area contributed by atoms with Gasteiger partial charge in [-0.25, -0.2) is 0 Å². The van der Waals surface area contributed by atoms with Crippen LogP contribution in [-0.2, 0) is 0 Å². The van der Waals surface area contributed by atoms with Gasteiger partial charge in [-0.2, -0.15) is 0 Å². The predicted molar refractivity (Wildman–Crippen MR) is 135 cm³/mol. The highest BCUT2D eigenvalue weighted by molar-refractivity contribution is 5.30. The summed E-state index contributed by atoms with van der Waals surface area (Å²) < 4.78 is 0. The molecule has 3 unspecified atom stereocenters. The van der Waals surface area contributed by atoms with Gasteiger partial charge in [-0.3, -0.25) is 0 Å². The smallest absolute Gasteiger partial charge is 0.0594 e. The van der Waals surface area contributed by atoms with E-state index in [9.17, 15) is 5.11 Å². The molecule has 0 saturated heterocycles. The van der Waals surface area contributed by atoms with Crippen molar-refractivity contribution in [1.82, 2.24) is 0 Å². The normalized spacial score (nSPS) is 53.0. The lowest BCUT2D eigenvalue weighted by Crippen LogP contribution is -2.57. The van der Waals surface area contributed by atoms with E-state index in [0.717, 1.165) is 24.2 Å².